The van der Waals surface area contributed by atoms with E-state index in [-0.39, 0.29) is 0 Å². The van der Waals surface area contributed by atoms with Gasteiger partial charge in [0.05, 0.1) is 0 Å². The van der Waals surface area contributed by atoms with Gasteiger partial charge in [0.1, 0.15) is 0 Å². The molecule has 1 aliphatic carbocycles. The third-order valence-corrected chi connectivity index (χ3v) is 5.10. The van der Waals surface area contributed by atoms with Crippen LogP contribution >= 0.6 is 11.3 Å². The fourth-order valence-electron chi connectivity index (χ4n) is 3.01. The largest absolute Gasteiger partial charge is 0.309 e. The topological polar surface area (TPSA) is 12.0 Å². The van der Waals surface area contributed by atoms with Crippen LogP contribution in [0.15, 0.2) is 11.4 Å². The van der Waals surface area contributed by atoms with Crippen molar-refractivity contribution >= 4 is 11.3 Å². The lowest BCUT2D eigenvalue weighted by molar-refractivity contribution is 0.229. The summed E-state index contributed by atoms with van der Waals surface area (Å²) >= 11 is 1.92. The molecule has 0 aliphatic heterocycles. The highest BCUT2D eigenvalue weighted by molar-refractivity contribution is 7.10. The van der Waals surface area contributed by atoms with Crippen LogP contribution in [0.25, 0.3) is 0 Å². The zero-order chi connectivity index (χ0) is 11.6. The number of hydrogen-bond acceptors (Lipinski definition) is 2. The Kier molecular flexibility index (Phi) is 3.70. The highest BCUT2D eigenvalue weighted by Gasteiger charge is 2.38. The number of hydrogen-bond donors (Lipinski definition) is 1. The molecule has 16 heavy (non-hydrogen) atoms. The van der Waals surface area contributed by atoms with Crippen molar-refractivity contribution in [2.24, 2.45) is 5.41 Å². The predicted octanol–water partition coefficient (Wildman–Crippen LogP) is 4.29. The van der Waals surface area contributed by atoms with Gasteiger partial charge in [0, 0.05) is 10.9 Å². The first kappa shape index (κ1) is 12.1. The maximum Gasteiger partial charge on any atom is 0.0471 e. The van der Waals surface area contributed by atoms with Gasteiger partial charge in [-0.05, 0) is 48.7 Å². The van der Waals surface area contributed by atoms with Crippen LogP contribution < -0.4 is 5.32 Å². The molecule has 0 radical (unpaired) electrons. The van der Waals surface area contributed by atoms with Gasteiger partial charge in [-0.2, -0.15) is 0 Å². The number of nitrogens with one attached hydrogen (secondary N) is 1. The zero-order valence-electron chi connectivity index (χ0n) is 10.7. The molecule has 0 bridgehead atoms. The quantitative estimate of drug-likeness (QED) is 0.824. The van der Waals surface area contributed by atoms with Crippen LogP contribution in [0.2, 0.25) is 0 Å². The maximum atomic E-state index is 3.72. The molecular formula is C14H23NS. The fourth-order valence-corrected chi connectivity index (χ4v) is 4.19. The molecule has 0 aromatic carbocycles. The van der Waals surface area contributed by atoms with Gasteiger partial charge in [-0.1, -0.05) is 26.7 Å². The minimum atomic E-state index is 0.478. The van der Waals surface area contributed by atoms with E-state index >= 15 is 0 Å². The van der Waals surface area contributed by atoms with Gasteiger partial charge in [0.2, 0.25) is 0 Å². The van der Waals surface area contributed by atoms with Crippen LogP contribution in [0.3, 0.4) is 0 Å². The molecule has 2 rings (SSSR count). The lowest BCUT2D eigenvalue weighted by Gasteiger charge is -2.34. The Morgan fingerprint density at radius 1 is 1.44 bits per heavy atom. The second-order valence-electron chi connectivity index (χ2n) is 5.32. The molecule has 1 nitrogen and oxygen atoms in total. The lowest BCUT2D eigenvalue weighted by Crippen LogP contribution is -2.34. The van der Waals surface area contributed by atoms with Crippen molar-refractivity contribution in [2.75, 3.05) is 6.54 Å². The van der Waals surface area contributed by atoms with E-state index in [1.54, 1.807) is 4.88 Å². The van der Waals surface area contributed by atoms with Crippen molar-refractivity contribution in [3.8, 4) is 0 Å². The molecule has 1 aromatic heterocycles. The summed E-state index contributed by atoms with van der Waals surface area (Å²) < 4.78 is 0. The molecular weight excluding hydrogens is 214 g/mol. The molecule has 0 amide bonds. The summed E-state index contributed by atoms with van der Waals surface area (Å²) in [6.45, 7) is 7.99. The second kappa shape index (κ2) is 4.89. The average Bonchev–Trinajstić information content (AvgIpc) is 2.85. The van der Waals surface area contributed by atoms with E-state index in [4.69, 9.17) is 0 Å². The first-order chi connectivity index (χ1) is 7.67. The molecule has 1 fully saturated rings. The van der Waals surface area contributed by atoms with Crippen LogP contribution in [-0.2, 0) is 0 Å². The van der Waals surface area contributed by atoms with E-state index in [0.29, 0.717) is 11.5 Å². The molecule has 90 valence electrons. The Bertz CT molecular complexity index is 336. The molecule has 2 heteroatoms. The molecule has 1 aromatic rings. The van der Waals surface area contributed by atoms with E-state index < -0.39 is 0 Å². The molecule has 0 spiro atoms. The highest BCUT2D eigenvalue weighted by atomic mass is 32.1. The summed E-state index contributed by atoms with van der Waals surface area (Å²) in [5, 5.41) is 5.95. The number of rotatable bonds is 4. The van der Waals surface area contributed by atoms with Gasteiger partial charge >= 0.3 is 0 Å². The van der Waals surface area contributed by atoms with Crippen LogP contribution in [0.5, 0.6) is 0 Å². The zero-order valence-corrected chi connectivity index (χ0v) is 11.5. The Labute approximate surface area is 103 Å². The Hall–Kier alpha value is -0.340. The van der Waals surface area contributed by atoms with Gasteiger partial charge in [-0.25, -0.2) is 0 Å². The summed E-state index contributed by atoms with van der Waals surface area (Å²) in [7, 11) is 0. The van der Waals surface area contributed by atoms with Gasteiger partial charge in [0.15, 0.2) is 0 Å². The fraction of sp³-hybridized carbons (Fsp3) is 0.714. The van der Waals surface area contributed by atoms with E-state index in [0.717, 1.165) is 6.54 Å². The molecule has 1 saturated carbocycles. The van der Waals surface area contributed by atoms with Gasteiger partial charge in [-0.3, -0.25) is 0 Å². The van der Waals surface area contributed by atoms with Crippen molar-refractivity contribution in [2.45, 2.75) is 52.5 Å². The van der Waals surface area contributed by atoms with Crippen molar-refractivity contribution in [1.82, 2.24) is 5.32 Å². The SMILES string of the molecule is CCNC(c1sccc1C)C1(C)CCCC1. The Morgan fingerprint density at radius 2 is 2.12 bits per heavy atom. The third kappa shape index (κ3) is 2.18. The van der Waals surface area contributed by atoms with Crippen molar-refractivity contribution in [3.05, 3.63) is 21.9 Å². The van der Waals surface area contributed by atoms with Gasteiger partial charge in [0.25, 0.3) is 0 Å². The normalized spacial score (nSPS) is 21.2. The highest BCUT2D eigenvalue weighted by Crippen LogP contribution is 2.48. The van der Waals surface area contributed by atoms with Gasteiger partial charge in [-0.15, -0.1) is 11.3 Å². The van der Waals surface area contributed by atoms with Crippen LogP contribution in [0.1, 0.15) is 56.0 Å². The van der Waals surface area contributed by atoms with Crippen LogP contribution in [0.4, 0.5) is 0 Å². The first-order valence-corrected chi connectivity index (χ1v) is 7.33. The molecule has 0 saturated heterocycles. The van der Waals surface area contributed by atoms with E-state index in [1.165, 1.54) is 31.2 Å². The average molecular weight is 237 g/mol. The lowest BCUT2D eigenvalue weighted by atomic mass is 9.79. The van der Waals surface area contributed by atoms with Crippen LogP contribution in [0, 0.1) is 12.3 Å². The smallest absolute Gasteiger partial charge is 0.0471 e. The summed E-state index contributed by atoms with van der Waals surface area (Å²) in [5.74, 6) is 0. The molecule has 1 unspecified atom stereocenters. The Morgan fingerprint density at radius 3 is 2.62 bits per heavy atom. The van der Waals surface area contributed by atoms with Crippen molar-refractivity contribution < 1.29 is 0 Å². The summed E-state index contributed by atoms with van der Waals surface area (Å²) in [5.41, 5.74) is 1.94. The van der Waals surface area contributed by atoms with E-state index in [9.17, 15) is 0 Å². The number of thiophene rings is 1. The van der Waals surface area contributed by atoms with E-state index in [2.05, 4.69) is 37.5 Å². The predicted molar refractivity (Wildman–Crippen MR) is 72.0 cm³/mol. The summed E-state index contributed by atoms with van der Waals surface area (Å²) in [4.78, 5) is 1.56. The summed E-state index contributed by atoms with van der Waals surface area (Å²) in [6, 6.07) is 2.82. The minimum absolute atomic E-state index is 0.478. The third-order valence-electron chi connectivity index (χ3n) is 4.01. The van der Waals surface area contributed by atoms with E-state index in [1.807, 2.05) is 11.3 Å². The molecule has 1 atom stereocenters. The Balaban J connectivity index is 2.26. The monoisotopic (exact) mass is 237 g/mol. The minimum Gasteiger partial charge on any atom is -0.309 e. The summed E-state index contributed by atoms with van der Waals surface area (Å²) in [6.07, 6.45) is 5.57. The maximum absolute atomic E-state index is 3.72. The van der Waals surface area contributed by atoms with Crippen LogP contribution in [-0.4, -0.2) is 6.54 Å². The number of aryl methyl sites for hydroxylation is 1. The molecule has 1 aliphatic rings. The molecule has 1 heterocycles. The van der Waals surface area contributed by atoms with Gasteiger partial charge < -0.3 is 5.32 Å². The first-order valence-electron chi connectivity index (χ1n) is 6.45. The van der Waals surface area contributed by atoms with Crippen molar-refractivity contribution in [3.63, 3.8) is 0 Å². The van der Waals surface area contributed by atoms with Crippen molar-refractivity contribution in [1.29, 1.82) is 0 Å². The second-order valence-corrected chi connectivity index (χ2v) is 6.27. The standard InChI is InChI=1S/C14H23NS/c1-4-15-13(12-11(2)7-10-16-12)14(3)8-5-6-9-14/h7,10,13,15H,4-6,8-9H2,1-3H3. The molecule has 1 N–H and O–H groups in total.